The normalized spacial score (nSPS) is 11.3. The average Bonchev–Trinajstić information content (AvgIpc) is 2.44. The number of benzene rings is 2. The van der Waals surface area contributed by atoms with Gasteiger partial charge < -0.3 is 5.32 Å². The summed E-state index contributed by atoms with van der Waals surface area (Å²) in [5, 5.41) is 2.62. The Bertz CT molecular complexity index is 809. The van der Waals surface area contributed by atoms with E-state index < -0.39 is 21.5 Å². The summed E-state index contributed by atoms with van der Waals surface area (Å²) in [7, 11) is -3.51. The molecular weight excluding hydrogens is 310 g/mol. The van der Waals surface area contributed by atoms with Crippen LogP contribution >= 0.6 is 0 Å². The fraction of sp³-hybridized carbons (Fsp3) is 0.278. The monoisotopic (exact) mass is 331 g/mol. The Labute approximate surface area is 137 Å². The molecule has 0 fully saturated rings. The number of amides is 1. The lowest BCUT2D eigenvalue weighted by Gasteiger charge is -2.09. The molecule has 23 heavy (non-hydrogen) atoms. The van der Waals surface area contributed by atoms with E-state index in [1.165, 1.54) is 0 Å². The van der Waals surface area contributed by atoms with Gasteiger partial charge in [0.1, 0.15) is 5.75 Å². The number of anilines is 1. The Balaban J connectivity index is 2.04. The van der Waals surface area contributed by atoms with E-state index in [1.807, 2.05) is 51.1 Å². The van der Waals surface area contributed by atoms with E-state index in [0.29, 0.717) is 5.69 Å². The molecule has 0 saturated heterocycles. The van der Waals surface area contributed by atoms with E-state index in [1.54, 1.807) is 12.1 Å². The van der Waals surface area contributed by atoms with Crippen LogP contribution in [0.1, 0.15) is 22.3 Å². The molecular formula is C18H21NO3S. The van der Waals surface area contributed by atoms with Gasteiger partial charge in [0.05, 0.1) is 5.75 Å². The van der Waals surface area contributed by atoms with Crippen LogP contribution in [-0.4, -0.2) is 20.1 Å². The van der Waals surface area contributed by atoms with Crippen molar-refractivity contribution < 1.29 is 13.2 Å². The van der Waals surface area contributed by atoms with Crippen LogP contribution in [0.4, 0.5) is 5.69 Å². The second kappa shape index (κ2) is 6.96. The summed E-state index contributed by atoms with van der Waals surface area (Å²) in [6.45, 7) is 5.73. The molecule has 0 unspecified atom stereocenters. The van der Waals surface area contributed by atoms with Crippen LogP contribution in [0.25, 0.3) is 0 Å². The molecule has 0 bridgehead atoms. The van der Waals surface area contributed by atoms with Gasteiger partial charge in [0.2, 0.25) is 5.91 Å². The first-order valence-electron chi connectivity index (χ1n) is 7.38. The van der Waals surface area contributed by atoms with Crippen LogP contribution in [0.3, 0.4) is 0 Å². The molecule has 0 radical (unpaired) electrons. The van der Waals surface area contributed by atoms with Gasteiger partial charge in [0.15, 0.2) is 9.84 Å². The highest BCUT2D eigenvalue weighted by Crippen LogP contribution is 2.15. The topological polar surface area (TPSA) is 63.2 Å². The highest BCUT2D eigenvalue weighted by atomic mass is 32.2. The third kappa shape index (κ3) is 5.21. The van der Waals surface area contributed by atoms with Gasteiger partial charge in [-0.15, -0.1) is 0 Å². The summed E-state index contributed by atoms with van der Waals surface area (Å²) >= 11 is 0. The fourth-order valence-electron chi connectivity index (χ4n) is 2.28. The minimum absolute atomic E-state index is 0.123. The number of aryl methyl sites for hydroxylation is 3. The Hall–Kier alpha value is -2.14. The van der Waals surface area contributed by atoms with Crippen LogP contribution < -0.4 is 5.32 Å². The van der Waals surface area contributed by atoms with Crippen LogP contribution in [0.15, 0.2) is 42.5 Å². The summed E-state index contributed by atoms with van der Waals surface area (Å²) in [5.41, 5.74) is 4.34. The molecule has 0 aliphatic carbocycles. The SMILES string of the molecule is Cc1ccc(NC(=O)CS(=O)(=O)Cc2cc(C)ccc2C)cc1. The molecule has 0 aliphatic rings. The van der Waals surface area contributed by atoms with Crippen LogP contribution in [0.5, 0.6) is 0 Å². The molecule has 0 aliphatic heterocycles. The summed E-state index contributed by atoms with van der Waals surface area (Å²) in [6, 6.07) is 12.9. The van der Waals surface area contributed by atoms with Crippen molar-refractivity contribution in [2.45, 2.75) is 26.5 Å². The van der Waals surface area contributed by atoms with Crippen molar-refractivity contribution in [3.05, 3.63) is 64.7 Å². The fourth-order valence-corrected chi connectivity index (χ4v) is 3.64. The van der Waals surface area contributed by atoms with Gasteiger partial charge in [0, 0.05) is 5.69 Å². The van der Waals surface area contributed by atoms with Crippen molar-refractivity contribution in [1.29, 1.82) is 0 Å². The predicted molar refractivity (Wildman–Crippen MR) is 93.2 cm³/mol. The van der Waals surface area contributed by atoms with E-state index in [2.05, 4.69) is 5.32 Å². The standard InChI is InChI=1S/C18H21NO3S/c1-13-5-8-17(9-6-13)19-18(20)12-23(21,22)11-16-10-14(2)4-7-15(16)3/h4-10H,11-12H2,1-3H3,(H,19,20). The first-order valence-corrected chi connectivity index (χ1v) is 9.20. The van der Waals surface area contributed by atoms with Crippen LogP contribution in [0.2, 0.25) is 0 Å². The largest absolute Gasteiger partial charge is 0.325 e. The number of carbonyl (C=O) groups is 1. The molecule has 1 N–H and O–H groups in total. The summed E-state index contributed by atoms with van der Waals surface area (Å²) < 4.78 is 24.5. The maximum absolute atomic E-state index is 12.3. The zero-order valence-electron chi connectivity index (χ0n) is 13.6. The lowest BCUT2D eigenvalue weighted by molar-refractivity contribution is -0.113. The van der Waals surface area contributed by atoms with Crippen LogP contribution in [-0.2, 0) is 20.4 Å². The highest BCUT2D eigenvalue weighted by Gasteiger charge is 2.18. The van der Waals surface area contributed by atoms with Gasteiger partial charge in [-0.2, -0.15) is 0 Å². The maximum Gasteiger partial charge on any atom is 0.239 e. The number of nitrogens with one attached hydrogen (secondary N) is 1. The van der Waals surface area contributed by atoms with E-state index in [4.69, 9.17) is 0 Å². The Morgan fingerprint density at radius 1 is 0.957 bits per heavy atom. The predicted octanol–water partition coefficient (Wildman–Crippen LogP) is 3.17. The molecule has 2 aromatic carbocycles. The molecule has 122 valence electrons. The molecule has 1 amide bonds. The molecule has 5 heteroatoms. The Morgan fingerprint density at radius 2 is 1.57 bits per heavy atom. The molecule has 0 aromatic heterocycles. The Kier molecular flexibility index (Phi) is 5.21. The molecule has 0 atom stereocenters. The van der Waals surface area contributed by atoms with Crippen molar-refractivity contribution in [3.63, 3.8) is 0 Å². The van der Waals surface area contributed by atoms with Gasteiger partial charge in [-0.25, -0.2) is 8.42 Å². The summed E-state index contributed by atoms with van der Waals surface area (Å²) in [6.07, 6.45) is 0. The van der Waals surface area contributed by atoms with Gasteiger partial charge in [0.25, 0.3) is 0 Å². The van der Waals surface area contributed by atoms with Crippen molar-refractivity contribution >= 4 is 21.4 Å². The van der Waals surface area contributed by atoms with Gasteiger partial charge in [-0.05, 0) is 44.0 Å². The van der Waals surface area contributed by atoms with Crippen molar-refractivity contribution in [3.8, 4) is 0 Å². The number of sulfone groups is 1. The number of carbonyl (C=O) groups excluding carboxylic acids is 1. The molecule has 2 rings (SSSR count). The summed E-state index contributed by atoms with van der Waals surface area (Å²) in [4.78, 5) is 12.0. The third-order valence-corrected chi connectivity index (χ3v) is 5.02. The quantitative estimate of drug-likeness (QED) is 0.915. The molecule has 4 nitrogen and oxygen atoms in total. The molecule has 2 aromatic rings. The van der Waals surface area contributed by atoms with Gasteiger partial charge in [-0.3, -0.25) is 4.79 Å². The zero-order valence-corrected chi connectivity index (χ0v) is 14.4. The smallest absolute Gasteiger partial charge is 0.239 e. The first kappa shape index (κ1) is 17.2. The molecule has 0 heterocycles. The van der Waals surface area contributed by atoms with Crippen molar-refractivity contribution in [2.75, 3.05) is 11.1 Å². The van der Waals surface area contributed by atoms with Gasteiger partial charge in [-0.1, -0.05) is 41.5 Å². The third-order valence-electron chi connectivity index (χ3n) is 3.57. The van der Waals surface area contributed by atoms with E-state index in [-0.39, 0.29) is 5.75 Å². The minimum Gasteiger partial charge on any atom is -0.325 e. The van der Waals surface area contributed by atoms with Crippen molar-refractivity contribution in [2.24, 2.45) is 0 Å². The average molecular weight is 331 g/mol. The van der Waals surface area contributed by atoms with Crippen LogP contribution in [0, 0.1) is 20.8 Å². The van der Waals surface area contributed by atoms with E-state index >= 15 is 0 Å². The van der Waals surface area contributed by atoms with Crippen molar-refractivity contribution in [1.82, 2.24) is 0 Å². The second-order valence-corrected chi connectivity index (χ2v) is 7.94. The maximum atomic E-state index is 12.3. The lowest BCUT2D eigenvalue weighted by atomic mass is 10.1. The van der Waals surface area contributed by atoms with E-state index in [0.717, 1.165) is 22.3 Å². The number of hydrogen-bond acceptors (Lipinski definition) is 3. The number of hydrogen-bond donors (Lipinski definition) is 1. The Morgan fingerprint density at radius 3 is 2.22 bits per heavy atom. The first-order chi connectivity index (χ1) is 10.7. The second-order valence-electron chi connectivity index (χ2n) is 5.88. The van der Waals surface area contributed by atoms with Gasteiger partial charge >= 0.3 is 0 Å². The lowest BCUT2D eigenvalue weighted by Crippen LogP contribution is -2.24. The summed E-state index contributed by atoms with van der Waals surface area (Å²) in [5.74, 6) is -1.16. The van der Waals surface area contributed by atoms with E-state index in [9.17, 15) is 13.2 Å². The zero-order chi connectivity index (χ0) is 17.0. The minimum atomic E-state index is -3.51. The molecule has 0 spiro atoms. The molecule has 0 saturated carbocycles. The number of rotatable bonds is 5. The highest BCUT2D eigenvalue weighted by molar-refractivity contribution is 7.91.